The molecule has 23 heavy (non-hydrogen) atoms. The summed E-state index contributed by atoms with van der Waals surface area (Å²) in [5.41, 5.74) is 2.84. The van der Waals surface area contributed by atoms with Gasteiger partial charge in [0.2, 0.25) is 0 Å². The maximum Gasteiger partial charge on any atom is 0.191 e. The van der Waals surface area contributed by atoms with Gasteiger partial charge in [0, 0.05) is 26.2 Å². The monoisotopic (exact) mass is 431 g/mol. The zero-order chi connectivity index (χ0) is 15.8. The van der Waals surface area contributed by atoms with Crippen molar-refractivity contribution in [2.45, 2.75) is 51.7 Å². The Hall–Kier alpha value is -0.820. The summed E-state index contributed by atoms with van der Waals surface area (Å²) >= 11 is 0. The van der Waals surface area contributed by atoms with Crippen LogP contribution in [0.4, 0.5) is 0 Å². The van der Waals surface area contributed by atoms with E-state index >= 15 is 0 Å². The van der Waals surface area contributed by atoms with Crippen molar-refractivity contribution in [2.75, 3.05) is 20.2 Å². The van der Waals surface area contributed by atoms with E-state index in [1.54, 1.807) is 7.05 Å². The molecule has 0 heterocycles. The van der Waals surface area contributed by atoms with Crippen molar-refractivity contribution in [1.29, 1.82) is 0 Å². The first-order chi connectivity index (χ1) is 10.7. The van der Waals surface area contributed by atoms with E-state index in [-0.39, 0.29) is 30.1 Å². The number of fused-ring (bicyclic) bond motifs is 1. The number of rotatable bonds is 6. The largest absolute Gasteiger partial charge is 0.373 e. The van der Waals surface area contributed by atoms with E-state index in [0.29, 0.717) is 6.04 Å². The van der Waals surface area contributed by atoms with Crippen LogP contribution in [-0.2, 0) is 11.2 Å². The molecule has 0 bridgehead atoms. The smallest absolute Gasteiger partial charge is 0.191 e. The summed E-state index contributed by atoms with van der Waals surface area (Å²) in [4.78, 5) is 4.20. The molecule has 0 saturated heterocycles. The Morgan fingerprint density at radius 1 is 1.35 bits per heavy atom. The number of hydrogen-bond acceptors (Lipinski definition) is 2. The summed E-state index contributed by atoms with van der Waals surface area (Å²) in [5.74, 6) is 0.859. The van der Waals surface area contributed by atoms with Crippen molar-refractivity contribution >= 4 is 29.9 Å². The van der Waals surface area contributed by atoms with Gasteiger partial charge in [-0.25, -0.2) is 0 Å². The van der Waals surface area contributed by atoms with Crippen LogP contribution in [0.15, 0.2) is 29.3 Å². The first-order valence-electron chi connectivity index (χ1n) is 8.37. The molecule has 0 aromatic heterocycles. The standard InChI is InChI=1S/C18H29N3O.HI/c1-14(2)21-18(19-3)20-12-7-13-22-17-11-6-9-15-8-4-5-10-16(15)17;/h4-5,8,10,14,17H,6-7,9,11-13H2,1-3H3,(H2,19,20,21);1H. The molecule has 0 spiro atoms. The lowest BCUT2D eigenvalue weighted by Crippen LogP contribution is -2.41. The molecule has 0 fully saturated rings. The molecule has 0 amide bonds. The van der Waals surface area contributed by atoms with Crippen LogP contribution >= 0.6 is 24.0 Å². The van der Waals surface area contributed by atoms with Gasteiger partial charge in [-0.2, -0.15) is 0 Å². The quantitative estimate of drug-likeness (QED) is 0.313. The molecular formula is C18H30IN3O. The van der Waals surface area contributed by atoms with Gasteiger partial charge in [0.25, 0.3) is 0 Å². The molecule has 4 nitrogen and oxygen atoms in total. The zero-order valence-corrected chi connectivity index (χ0v) is 16.8. The van der Waals surface area contributed by atoms with E-state index in [2.05, 4.69) is 53.7 Å². The first kappa shape index (κ1) is 20.2. The number of nitrogens with zero attached hydrogens (tertiary/aromatic N) is 1. The van der Waals surface area contributed by atoms with Crippen molar-refractivity contribution in [3.8, 4) is 0 Å². The summed E-state index contributed by atoms with van der Waals surface area (Å²) in [5, 5.41) is 6.60. The summed E-state index contributed by atoms with van der Waals surface area (Å²) in [6.45, 7) is 5.87. The van der Waals surface area contributed by atoms with Crippen molar-refractivity contribution < 1.29 is 4.74 Å². The van der Waals surface area contributed by atoms with Gasteiger partial charge in [-0.3, -0.25) is 4.99 Å². The number of hydrogen-bond donors (Lipinski definition) is 2. The van der Waals surface area contributed by atoms with Gasteiger partial charge in [0.1, 0.15) is 0 Å². The molecule has 1 aliphatic carbocycles. The Bertz CT molecular complexity index is 491. The molecule has 2 rings (SSSR count). The fraction of sp³-hybridized carbons (Fsp3) is 0.611. The van der Waals surface area contributed by atoms with Crippen molar-refractivity contribution in [1.82, 2.24) is 10.6 Å². The minimum absolute atomic E-state index is 0. The van der Waals surface area contributed by atoms with Gasteiger partial charge in [-0.1, -0.05) is 24.3 Å². The van der Waals surface area contributed by atoms with Crippen LogP contribution in [0, 0.1) is 0 Å². The zero-order valence-electron chi connectivity index (χ0n) is 14.5. The van der Waals surface area contributed by atoms with Crippen LogP contribution < -0.4 is 10.6 Å². The highest BCUT2D eigenvalue weighted by Gasteiger charge is 2.19. The Kier molecular flexibility index (Phi) is 9.55. The second kappa shape index (κ2) is 10.9. The van der Waals surface area contributed by atoms with E-state index < -0.39 is 0 Å². The number of nitrogens with one attached hydrogen (secondary N) is 2. The molecular weight excluding hydrogens is 401 g/mol. The summed E-state index contributed by atoms with van der Waals surface area (Å²) in [6, 6.07) is 9.07. The highest BCUT2D eigenvalue weighted by molar-refractivity contribution is 14.0. The number of benzene rings is 1. The number of aliphatic imine (C=N–C) groups is 1. The van der Waals surface area contributed by atoms with Crippen LogP contribution in [-0.4, -0.2) is 32.2 Å². The molecule has 0 aliphatic heterocycles. The van der Waals surface area contributed by atoms with Crippen molar-refractivity contribution in [2.24, 2.45) is 4.99 Å². The maximum absolute atomic E-state index is 6.11. The molecule has 1 aliphatic rings. The van der Waals surface area contributed by atoms with Gasteiger partial charge in [0.05, 0.1) is 6.10 Å². The molecule has 130 valence electrons. The molecule has 0 radical (unpaired) electrons. The highest BCUT2D eigenvalue weighted by atomic mass is 127. The fourth-order valence-corrected chi connectivity index (χ4v) is 2.86. The number of guanidine groups is 1. The molecule has 1 aromatic rings. The van der Waals surface area contributed by atoms with Gasteiger partial charge in [0.15, 0.2) is 5.96 Å². The normalized spacial score (nSPS) is 17.4. The van der Waals surface area contributed by atoms with E-state index in [9.17, 15) is 0 Å². The maximum atomic E-state index is 6.11. The molecule has 0 saturated carbocycles. The van der Waals surface area contributed by atoms with Crippen molar-refractivity contribution in [3.63, 3.8) is 0 Å². The van der Waals surface area contributed by atoms with Gasteiger partial charge < -0.3 is 15.4 Å². The van der Waals surface area contributed by atoms with Crippen molar-refractivity contribution in [3.05, 3.63) is 35.4 Å². The molecule has 1 aromatic carbocycles. The van der Waals surface area contributed by atoms with Gasteiger partial charge in [-0.15, -0.1) is 24.0 Å². The predicted molar refractivity (Wildman–Crippen MR) is 108 cm³/mol. The number of halogens is 1. The van der Waals surface area contributed by atoms with E-state index in [0.717, 1.165) is 32.0 Å². The summed E-state index contributed by atoms with van der Waals surface area (Å²) < 4.78 is 6.11. The summed E-state index contributed by atoms with van der Waals surface area (Å²) in [6.07, 6.45) is 4.82. The van der Waals surface area contributed by atoms with Gasteiger partial charge >= 0.3 is 0 Å². The highest BCUT2D eigenvalue weighted by Crippen LogP contribution is 2.32. The van der Waals surface area contributed by atoms with Crippen LogP contribution in [0.3, 0.4) is 0 Å². The second-order valence-electron chi connectivity index (χ2n) is 6.10. The average molecular weight is 431 g/mol. The lowest BCUT2D eigenvalue weighted by molar-refractivity contribution is 0.0398. The molecule has 1 unspecified atom stereocenters. The Morgan fingerprint density at radius 2 is 2.13 bits per heavy atom. The third kappa shape index (κ3) is 6.67. The van der Waals surface area contributed by atoms with E-state index in [1.165, 1.54) is 24.0 Å². The third-order valence-electron chi connectivity index (χ3n) is 3.90. The Labute approximate surface area is 157 Å². The van der Waals surface area contributed by atoms with Crippen LogP contribution in [0.2, 0.25) is 0 Å². The fourth-order valence-electron chi connectivity index (χ4n) is 2.86. The average Bonchev–Trinajstić information content (AvgIpc) is 2.53. The lowest BCUT2D eigenvalue weighted by atomic mass is 9.89. The minimum Gasteiger partial charge on any atom is -0.373 e. The molecule has 2 N–H and O–H groups in total. The number of aryl methyl sites for hydroxylation is 1. The Morgan fingerprint density at radius 3 is 2.87 bits per heavy atom. The third-order valence-corrected chi connectivity index (χ3v) is 3.90. The Balaban J connectivity index is 0.00000264. The van der Waals surface area contributed by atoms with E-state index in [4.69, 9.17) is 4.74 Å². The molecule has 1 atom stereocenters. The second-order valence-corrected chi connectivity index (χ2v) is 6.10. The SMILES string of the molecule is CN=C(NCCCOC1CCCc2ccccc21)NC(C)C.I. The predicted octanol–water partition coefficient (Wildman–Crippen LogP) is 3.66. The topological polar surface area (TPSA) is 45.7 Å². The number of ether oxygens (including phenoxy) is 1. The lowest BCUT2D eigenvalue weighted by Gasteiger charge is -2.25. The van der Waals surface area contributed by atoms with Crippen LogP contribution in [0.5, 0.6) is 0 Å². The van der Waals surface area contributed by atoms with Crippen LogP contribution in [0.1, 0.15) is 50.3 Å². The van der Waals surface area contributed by atoms with Gasteiger partial charge in [-0.05, 0) is 50.7 Å². The minimum atomic E-state index is 0. The summed E-state index contributed by atoms with van der Waals surface area (Å²) in [7, 11) is 1.80. The first-order valence-corrected chi connectivity index (χ1v) is 8.37. The molecule has 5 heteroatoms. The van der Waals surface area contributed by atoms with E-state index in [1.807, 2.05) is 0 Å². The van der Waals surface area contributed by atoms with Crippen LogP contribution in [0.25, 0.3) is 0 Å².